The van der Waals surface area contributed by atoms with Gasteiger partial charge in [0.05, 0.1) is 7.11 Å². The summed E-state index contributed by atoms with van der Waals surface area (Å²) in [5.41, 5.74) is 0.972. The topological polar surface area (TPSA) is 21.3 Å². The molecule has 0 saturated carbocycles. The van der Waals surface area contributed by atoms with Crippen molar-refractivity contribution in [3.63, 3.8) is 0 Å². The van der Waals surface area contributed by atoms with Gasteiger partial charge < -0.3 is 4.74 Å². The molecule has 1 unspecified atom stereocenters. The molecule has 0 bridgehead atoms. The van der Waals surface area contributed by atoms with Gasteiger partial charge in [0, 0.05) is 6.54 Å². The highest BCUT2D eigenvalue weighted by atomic mass is 19.4. The van der Waals surface area contributed by atoms with E-state index in [-0.39, 0.29) is 12.1 Å². The molecule has 0 aliphatic rings. The van der Waals surface area contributed by atoms with E-state index < -0.39 is 12.2 Å². The van der Waals surface area contributed by atoms with E-state index in [0.29, 0.717) is 5.75 Å². The molecule has 0 fully saturated rings. The van der Waals surface area contributed by atoms with E-state index in [4.69, 9.17) is 4.74 Å². The lowest BCUT2D eigenvalue weighted by atomic mass is 10.1. The van der Waals surface area contributed by atoms with Gasteiger partial charge in [-0.3, -0.25) is 5.32 Å². The number of hydrogen-bond acceptors (Lipinski definition) is 2. The lowest BCUT2D eigenvalue weighted by molar-refractivity contribution is -0.158. The molecule has 0 aromatic heterocycles. The van der Waals surface area contributed by atoms with Gasteiger partial charge in [-0.2, -0.15) is 13.2 Å². The minimum Gasteiger partial charge on any atom is -0.497 e. The van der Waals surface area contributed by atoms with Gasteiger partial charge in [0.2, 0.25) is 0 Å². The minimum absolute atomic E-state index is 0.128. The van der Waals surface area contributed by atoms with Crippen LogP contribution < -0.4 is 10.1 Å². The Hall–Kier alpha value is -2.01. The van der Waals surface area contributed by atoms with E-state index in [0.717, 1.165) is 5.56 Å². The molecule has 2 nitrogen and oxygen atoms in total. The van der Waals surface area contributed by atoms with E-state index in [1.54, 1.807) is 49.6 Å². The summed E-state index contributed by atoms with van der Waals surface area (Å²) >= 11 is 0. The quantitative estimate of drug-likeness (QED) is 0.897. The normalized spacial score (nSPS) is 13.0. The number of alkyl halides is 3. The third-order valence-electron chi connectivity index (χ3n) is 3.13. The van der Waals surface area contributed by atoms with Crippen LogP contribution in [0.1, 0.15) is 17.2 Å². The molecule has 21 heavy (non-hydrogen) atoms. The molecular weight excluding hydrogens is 279 g/mol. The van der Waals surface area contributed by atoms with Gasteiger partial charge in [0.25, 0.3) is 0 Å². The highest BCUT2D eigenvalue weighted by Gasteiger charge is 2.40. The van der Waals surface area contributed by atoms with Crippen LogP contribution in [0.15, 0.2) is 54.6 Å². The molecule has 0 radical (unpaired) electrons. The number of ether oxygens (including phenoxy) is 1. The largest absolute Gasteiger partial charge is 0.497 e. The average Bonchev–Trinajstić information content (AvgIpc) is 2.48. The van der Waals surface area contributed by atoms with Gasteiger partial charge in [-0.1, -0.05) is 42.5 Å². The van der Waals surface area contributed by atoms with Crippen LogP contribution in [-0.4, -0.2) is 13.3 Å². The fraction of sp³-hybridized carbons (Fsp3) is 0.250. The molecule has 0 spiro atoms. The second-order valence-electron chi connectivity index (χ2n) is 4.61. The van der Waals surface area contributed by atoms with Crippen molar-refractivity contribution < 1.29 is 17.9 Å². The first-order chi connectivity index (χ1) is 10.0. The predicted molar refractivity (Wildman–Crippen MR) is 75.1 cm³/mol. The monoisotopic (exact) mass is 295 g/mol. The third kappa shape index (κ3) is 4.23. The van der Waals surface area contributed by atoms with Crippen molar-refractivity contribution >= 4 is 0 Å². The summed E-state index contributed by atoms with van der Waals surface area (Å²) in [6.45, 7) is 0.128. The number of benzene rings is 2. The van der Waals surface area contributed by atoms with Crippen molar-refractivity contribution in [1.82, 2.24) is 5.32 Å². The van der Waals surface area contributed by atoms with Crippen molar-refractivity contribution in [3.8, 4) is 5.75 Å². The summed E-state index contributed by atoms with van der Waals surface area (Å²) in [6, 6.07) is 13.1. The fourth-order valence-corrected chi connectivity index (χ4v) is 2.03. The Labute approximate surface area is 121 Å². The summed E-state index contributed by atoms with van der Waals surface area (Å²) in [5.74, 6) is 0.675. The molecule has 2 aromatic carbocycles. The van der Waals surface area contributed by atoms with E-state index >= 15 is 0 Å². The average molecular weight is 295 g/mol. The smallest absolute Gasteiger partial charge is 0.407 e. The fourth-order valence-electron chi connectivity index (χ4n) is 2.03. The zero-order valence-corrected chi connectivity index (χ0v) is 11.5. The van der Waals surface area contributed by atoms with E-state index in [1.165, 1.54) is 12.1 Å². The van der Waals surface area contributed by atoms with Gasteiger partial charge in [0.1, 0.15) is 11.8 Å². The van der Waals surface area contributed by atoms with E-state index in [2.05, 4.69) is 5.32 Å². The van der Waals surface area contributed by atoms with Crippen molar-refractivity contribution in [1.29, 1.82) is 0 Å². The molecule has 0 aliphatic heterocycles. The molecule has 1 atom stereocenters. The second kappa shape index (κ2) is 6.63. The number of methoxy groups -OCH3 is 1. The van der Waals surface area contributed by atoms with Gasteiger partial charge >= 0.3 is 6.18 Å². The van der Waals surface area contributed by atoms with Crippen LogP contribution in [0, 0.1) is 0 Å². The molecule has 2 aromatic rings. The third-order valence-corrected chi connectivity index (χ3v) is 3.13. The molecule has 5 heteroatoms. The summed E-state index contributed by atoms with van der Waals surface area (Å²) in [6.07, 6.45) is -4.34. The summed E-state index contributed by atoms with van der Waals surface area (Å²) in [4.78, 5) is 0. The molecule has 2 rings (SSSR count). The van der Waals surface area contributed by atoms with Gasteiger partial charge in [-0.05, 0) is 23.3 Å². The Morgan fingerprint density at radius 1 is 1.00 bits per heavy atom. The zero-order chi connectivity index (χ0) is 15.3. The van der Waals surface area contributed by atoms with Crippen LogP contribution in [0.4, 0.5) is 13.2 Å². The maximum atomic E-state index is 13.1. The molecule has 112 valence electrons. The van der Waals surface area contributed by atoms with Crippen LogP contribution in [0.3, 0.4) is 0 Å². The van der Waals surface area contributed by atoms with Crippen LogP contribution in [-0.2, 0) is 6.54 Å². The van der Waals surface area contributed by atoms with Crippen LogP contribution in [0.25, 0.3) is 0 Å². The lowest BCUT2D eigenvalue weighted by Crippen LogP contribution is -2.33. The lowest BCUT2D eigenvalue weighted by Gasteiger charge is -2.22. The summed E-state index contributed by atoms with van der Waals surface area (Å²) in [5, 5.41) is 2.56. The zero-order valence-electron chi connectivity index (χ0n) is 11.5. The first kappa shape index (κ1) is 15.4. The SMILES string of the molecule is COc1ccc(CNC(c2ccccc2)C(F)(F)F)cc1. The van der Waals surface area contributed by atoms with Gasteiger partial charge in [-0.25, -0.2) is 0 Å². The summed E-state index contributed by atoms with van der Waals surface area (Å²) < 4.78 is 44.5. The number of hydrogen-bond donors (Lipinski definition) is 1. The minimum atomic E-state index is -4.34. The molecule has 0 heterocycles. The molecule has 0 aliphatic carbocycles. The van der Waals surface area contributed by atoms with Crippen LogP contribution in [0.2, 0.25) is 0 Å². The first-order valence-corrected chi connectivity index (χ1v) is 6.48. The Morgan fingerprint density at radius 2 is 1.62 bits per heavy atom. The highest BCUT2D eigenvalue weighted by molar-refractivity contribution is 5.27. The standard InChI is InChI=1S/C16H16F3NO/c1-21-14-9-7-12(8-10-14)11-20-15(16(17,18)19)13-5-3-2-4-6-13/h2-10,15,20H,11H2,1H3. The molecule has 0 saturated heterocycles. The Balaban J connectivity index is 2.09. The van der Waals surface area contributed by atoms with Crippen LogP contribution >= 0.6 is 0 Å². The number of halogens is 3. The van der Waals surface area contributed by atoms with E-state index in [1.807, 2.05) is 0 Å². The van der Waals surface area contributed by atoms with Crippen molar-refractivity contribution in [3.05, 3.63) is 65.7 Å². The molecular formula is C16H16F3NO. The van der Waals surface area contributed by atoms with Gasteiger partial charge in [-0.15, -0.1) is 0 Å². The van der Waals surface area contributed by atoms with Crippen molar-refractivity contribution in [2.24, 2.45) is 0 Å². The Bertz CT molecular complexity index is 552. The Morgan fingerprint density at radius 3 is 2.14 bits per heavy atom. The number of rotatable bonds is 5. The Kier molecular flexibility index (Phi) is 4.85. The first-order valence-electron chi connectivity index (χ1n) is 6.48. The van der Waals surface area contributed by atoms with E-state index in [9.17, 15) is 13.2 Å². The maximum absolute atomic E-state index is 13.1. The van der Waals surface area contributed by atoms with Crippen LogP contribution in [0.5, 0.6) is 5.75 Å². The number of nitrogens with one attached hydrogen (secondary N) is 1. The predicted octanol–water partition coefficient (Wildman–Crippen LogP) is 4.09. The molecule has 0 amide bonds. The molecule has 1 N–H and O–H groups in total. The maximum Gasteiger partial charge on any atom is 0.407 e. The second-order valence-corrected chi connectivity index (χ2v) is 4.61. The van der Waals surface area contributed by atoms with Crippen molar-refractivity contribution in [2.45, 2.75) is 18.8 Å². The summed E-state index contributed by atoms with van der Waals surface area (Å²) in [7, 11) is 1.54. The highest BCUT2D eigenvalue weighted by Crippen LogP contribution is 2.32. The van der Waals surface area contributed by atoms with Gasteiger partial charge in [0.15, 0.2) is 0 Å². The van der Waals surface area contributed by atoms with Crippen molar-refractivity contribution in [2.75, 3.05) is 7.11 Å².